The van der Waals surface area contributed by atoms with E-state index >= 15 is 0 Å². The molecular formula is C16H20F3NO. The molecular weight excluding hydrogens is 279 g/mol. The lowest BCUT2D eigenvalue weighted by Gasteiger charge is -2.37. The normalized spacial score (nSPS) is 30.0. The molecule has 0 amide bonds. The Hall–Kier alpha value is -1.07. The molecule has 1 fully saturated rings. The lowest BCUT2D eigenvalue weighted by atomic mass is 9.83. The van der Waals surface area contributed by atoms with Crippen molar-refractivity contribution in [3.63, 3.8) is 0 Å². The van der Waals surface area contributed by atoms with E-state index in [4.69, 9.17) is 4.74 Å². The number of hydrogen-bond donors (Lipinski definition) is 1. The Morgan fingerprint density at radius 2 is 1.86 bits per heavy atom. The summed E-state index contributed by atoms with van der Waals surface area (Å²) < 4.78 is 45.0. The molecule has 5 heteroatoms. The van der Waals surface area contributed by atoms with Crippen molar-refractivity contribution < 1.29 is 17.9 Å². The highest BCUT2D eigenvalue weighted by Crippen LogP contribution is 2.39. The van der Waals surface area contributed by atoms with E-state index in [1.54, 1.807) is 0 Å². The summed E-state index contributed by atoms with van der Waals surface area (Å²) in [5.74, 6) is -1.24. The summed E-state index contributed by atoms with van der Waals surface area (Å²) in [6.07, 6.45) is -1.77. The van der Waals surface area contributed by atoms with Crippen LogP contribution in [0.2, 0.25) is 0 Å². The van der Waals surface area contributed by atoms with Crippen molar-refractivity contribution in [2.75, 3.05) is 6.61 Å². The highest BCUT2D eigenvalue weighted by molar-refractivity contribution is 5.31. The standard InChI is InChI=1S/C16H20F3NO/c17-16(18,19)13-7-3-4-8-14(13)20-15-10-21-9-11-5-1-2-6-12(11)15/h1-2,5-6,13-15,20H,3-4,7-10H2. The lowest BCUT2D eigenvalue weighted by molar-refractivity contribution is -0.190. The van der Waals surface area contributed by atoms with Crippen LogP contribution < -0.4 is 5.32 Å². The summed E-state index contributed by atoms with van der Waals surface area (Å²) >= 11 is 0. The number of rotatable bonds is 2. The molecule has 0 bridgehead atoms. The third-order valence-electron chi connectivity index (χ3n) is 4.57. The number of alkyl halides is 3. The van der Waals surface area contributed by atoms with Crippen LogP contribution >= 0.6 is 0 Å². The molecule has 3 atom stereocenters. The predicted molar refractivity (Wildman–Crippen MR) is 73.8 cm³/mol. The maximum atomic E-state index is 13.2. The number of nitrogens with one attached hydrogen (secondary N) is 1. The molecule has 3 rings (SSSR count). The Bertz CT molecular complexity index is 489. The van der Waals surface area contributed by atoms with E-state index in [0.717, 1.165) is 17.5 Å². The Balaban J connectivity index is 1.77. The van der Waals surface area contributed by atoms with E-state index in [1.807, 2.05) is 24.3 Å². The summed E-state index contributed by atoms with van der Waals surface area (Å²) in [6, 6.07) is 7.19. The van der Waals surface area contributed by atoms with Gasteiger partial charge in [0.25, 0.3) is 0 Å². The van der Waals surface area contributed by atoms with Crippen LogP contribution in [0.3, 0.4) is 0 Å². The fraction of sp³-hybridized carbons (Fsp3) is 0.625. The zero-order chi connectivity index (χ0) is 14.9. The number of halogens is 3. The van der Waals surface area contributed by atoms with Crippen LogP contribution in [0.15, 0.2) is 24.3 Å². The highest BCUT2D eigenvalue weighted by Gasteiger charge is 2.46. The van der Waals surface area contributed by atoms with Gasteiger partial charge in [0.05, 0.1) is 25.2 Å². The zero-order valence-electron chi connectivity index (χ0n) is 11.8. The minimum atomic E-state index is -4.12. The molecule has 1 N–H and O–H groups in total. The predicted octanol–water partition coefficient (Wildman–Crippen LogP) is 3.97. The van der Waals surface area contributed by atoms with Crippen LogP contribution in [0.25, 0.3) is 0 Å². The molecule has 1 saturated carbocycles. The number of ether oxygens (including phenoxy) is 1. The van der Waals surface area contributed by atoms with Crippen molar-refractivity contribution in [2.45, 2.75) is 50.6 Å². The molecule has 2 aliphatic rings. The third kappa shape index (κ3) is 3.24. The second-order valence-corrected chi connectivity index (χ2v) is 5.97. The van der Waals surface area contributed by atoms with Crippen LogP contribution in [0.4, 0.5) is 13.2 Å². The second kappa shape index (κ2) is 5.97. The zero-order valence-corrected chi connectivity index (χ0v) is 11.8. The Kier molecular flexibility index (Phi) is 4.22. The van der Waals surface area contributed by atoms with Crippen molar-refractivity contribution in [1.82, 2.24) is 5.32 Å². The van der Waals surface area contributed by atoms with Crippen LogP contribution in [0.1, 0.15) is 42.9 Å². The van der Waals surface area contributed by atoms with Crippen LogP contribution in [0, 0.1) is 5.92 Å². The molecule has 21 heavy (non-hydrogen) atoms. The van der Waals surface area contributed by atoms with Gasteiger partial charge in [-0.15, -0.1) is 0 Å². The van der Waals surface area contributed by atoms with Gasteiger partial charge in [0.2, 0.25) is 0 Å². The SMILES string of the molecule is FC(F)(F)C1CCCCC1NC1COCc2ccccc21. The van der Waals surface area contributed by atoms with Gasteiger partial charge < -0.3 is 10.1 Å². The first-order valence-electron chi connectivity index (χ1n) is 7.54. The largest absolute Gasteiger partial charge is 0.393 e. The third-order valence-corrected chi connectivity index (χ3v) is 4.57. The van der Waals surface area contributed by atoms with E-state index in [9.17, 15) is 13.2 Å². The summed E-state index contributed by atoms with van der Waals surface area (Å²) in [6.45, 7) is 0.986. The molecule has 0 spiro atoms. The lowest BCUT2D eigenvalue weighted by Crippen LogP contribution is -2.48. The van der Waals surface area contributed by atoms with Gasteiger partial charge in [-0.25, -0.2) is 0 Å². The Morgan fingerprint density at radius 1 is 1.10 bits per heavy atom. The molecule has 0 aromatic heterocycles. The molecule has 0 saturated heterocycles. The average molecular weight is 299 g/mol. The minimum absolute atomic E-state index is 0.136. The molecule has 1 aliphatic carbocycles. The van der Waals surface area contributed by atoms with Crippen molar-refractivity contribution in [2.24, 2.45) is 5.92 Å². The number of benzene rings is 1. The van der Waals surface area contributed by atoms with Crippen LogP contribution in [-0.2, 0) is 11.3 Å². The summed E-state index contributed by atoms with van der Waals surface area (Å²) in [7, 11) is 0. The van der Waals surface area contributed by atoms with E-state index in [2.05, 4.69) is 5.32 Å². The average Bonchev–Trinajstić information content (AvgIpc) is 2.47. The number of hydrogen-bond acceptors (Lipinski definition) is 2. The quantitative estimate of drug-likeness (QED) is 0.892. The minimum Gasteiger partial charge on any atom is -0.375 e. The van der Waals surface area contributed by atoms with Gasteiger partial charge in [-0.05, 0) is 24.0 Å². The maximum absolute atomic E-state index is 13.2. The van der Waals surface area contributed by atoms with Crippen LogP contribution in [-0.4, -0.2) is 18.8 Å². The topological polar surface area (TPSA) is 21.3 Å². The fourth-order valence-corrected chi connectivity index (χ4v) is 3.50. The molecule has 116 valence electrons. The fourth-order valence-electron chi connectivity index (χ4n) is 3.50. The molecule has 1 aromatic rings. The van der Waals surface area contributed by atoms with Gasteiger partial charge in [-0.1, -0.05) is 37.1 Å². The maximum Gasteiger partial charge on any atom is 0.393 e. The van der Waals surface area contributed by atoms with Crippen molar-refractivity contribution in [3.8, 4) is 0 Å². The van der Waals surface area contributed by atoms with Gasteiger partial charge >= 0.3 is 6.18 Å². The Morgan fingerprint density at radius 3 is 2.67 bits per heavy atom. The molecule has 1 aliphatic heterocycles. The summed E-state index contributed by atoms with van der Waals surface area (Å²) in [4.78, 5) is 0. The molecule has 2 nitrogen and oxygen atoms in total. The van der Waals surface area contributed by atoms with Crippen molar-refractivity contribution in [1.29, 1.82) is 0 Å². The van der Waals surface area contributed by atoms with Gasteiger partial charge in [0, 0.05) is 6.04 Å². The first-order chi connectivity index (χ1) is 10.1. The number of fused-ring (bicyclic) bond motifs is 1. The molecule has 1 heterocycles. The molecule has 3 unspecified atom stereocenters. The molecule has 1 aromatic carbocycles. The van der Waals surface area contributed by atoms with Crippen molar-refractivity contribution in [3.05, 3.63) is 35.4 Å². The van der Waals surface area contributed by atoms with E-state index in [0.29, 0.717) is 26.1 Å². The Labute approximate surface area is 122 Å². The van der Waals surface area contributed by atoms with Crippen LogP contribution in [0.5, 0.6) is 0 Å². The van der Waals surface area contributed by atoms with E-state index < -0.39 is 18.1 Å². The van der Waals surface area contributed by atoms with E-state index in [1.165, 1.54) is 0 Å². The van der Waals surface area contributed by atoms with Gasteiger partial charge in [0.15, 0.2) is 0 Å². The first kappa shape index (κ1) is 14.9. The highest BCUT2D eigenvalue weighted by atomic mass is 19.4. The van der Waals surface area contributed by atoms with Gasteiger partial charge in [-0.3, -0.25) is 0 Å². The van der Waals surface area contributed by atoms with Gasteiger partial charge in [0.1, 0.15) is 0 Å². The van der Waals surface area contributed by atoms with Gasteiger partial charge in [-0.2, -0.15) is 13.2 Å². The molecule has 0 radical (unpaired) electrons. The monoisotopic (exact) mass is 299 g/mol. The smallest absolute Gasteiger partial charge is 0.375 e. The second-order valence-electron chi connectivity index (χ2n) is 5.97. The summed E-state index contributed by atoms with van der Waals surface area (Å²) in [5.41, 5.74) is 2.15. The van der Waals surface area contributed by atoms with E-state index in [-0.39, 0.29) is 12.5 Å². The van der Waals surface area contributed by atoms with Crippen molar-refractivity contribution >= 4 is 0 Å². The summed E-state index contributed by atoms with van der Waals surface area (Å²) in [5, 5.41) is 3.23. The first-order valence-corrected chi connectivity index (χ1v) is 7.54.